The topological polar surface area (TPSA) is 20.2 Å². The van der Waals surface area contributed by atoms with Crippen molar-refractivity contribution in [1.29, 1.82) is 0 Å². The Labute approximate surface area is 113 Å². The highest BCUT2D eigenvalue weighted by Gasteiger charge is 2.44. The summed E-state index contributed by atoms with van der Waals surface area (Å²) in [5, 5.41) is 10.4. The first-order valence-electron chi connectivity index (χ1n) is 7.62. The normalized spacial score (nSPS) is 39.0. The smallest absolute Gasteiger partial charge is 0.391 e. The standard InChI is InChI=1S/C15H25F3O/c1-10-4-2-5-11(8-10)14(19)12-6-3-7-13(9-12)15(16,17)18/h10-14,19H,2-9H2,1H3. The van der Waals surface area contributed by atoms with Crippen LogP contribution in [0, 0.1) is 23.7 Å². The van der Waals surface area contributed by atoms with Gasteiger partial charge in [-0.1, -0.05) is 26.2 Å². The maximum atomic E-state index is 12.8. The fourth-order valence-electron chi connectivity index (χ4n) is 4.01. The summed E-state index contributed by atoms with van der Waals surface area (Å²) in [6, 6.07) is 0. The molecule has 0 aromatic carbocycles. The molecule has 1 nitrogen and oxygen atoms in total. The predicted molar refractivity (Wildman–Crippen MR) is 68.6 cm³/mol. The van der Waals surface area contributed by atoms with Crippen molar-refractivity contribution in [2.24, 2.45) is 23.7 Å². The predicted octanol–water partition coefficient (Wildman–Crippen LogP) is 4.54. The van der Waals surface area contributed by atoms with E-state index in [0.717, 1.165) is 25.7 Å². The summed E-state index contributed by atoms with van der Waals surface area (Å²) < 4.78 is 38.4. The summed E-state index contributed by atoms with van der Waals surface area (Å²) in [6.07, 6.45) is 1.41. The lowest BCUT2D eigenvalue weighted by molar-refractivity contribution is -0.190. The molecule has 0 aromatic heterocycles. The van der Waals surface area contributed by atoms with Gasteiger partial charge in [0.05, 0.1) is 12.0 Å². The second-order valence-electron chi connectivity index (χ2n) is 6.69. The summed E-state index contributed by atoms with van der Waals surface area (Å²) >= 11 is 0. The van der Waals surface area contributed by atoms with Crippen molar-refractivity contribution in [3.05, 3.63) is 0 Å². The summed E-state index contributed by atoms with van der Waals surface area (Å²) in [7, 11) is 0. The van der Waals surface area contributed by atoms with Crippen LogP contribution < -0.4 is 0 Å². The van der Waals surface area contributed by atoms with Crippen molar-refractivity contribution in [3.8, 4) is 0 Å². The van der Waals surface area contributed by atoms with Gasteiger partial charge in [0.15, 0.2) is 0 Å². The molecule has 0 saturated heterocycles. The van der Waals surface area contributed by atoms with Gasteiger partial charge in [-0.15, -0.1) is 0 Å². The average Bonchev–Trinajstić information content (AvgIpc) is 2.37. The van der Waals surface area contributed by atoms with E-state index >= 15 is 0 Å². The molecule has 112 valence electrons. The van der Waals surface area contributed by atoms with Crippen LogP contribution in [0.3, 0.4) is 0 Å². The number of hydrogen-bond acceptors (Lipinski definition) is 1. The number of hydrogen-bond donors (Lipinski definition) is 1. The number of alkyl halides is 3. The van der Waals surface area contributed by atoms with E-state index in [4.69, 9.17) is 0 Å². The Morgan fingerprint density at radius 1 is 0.947 bits per heavy atom. The van der Waals surface area contributed by atoms with E-state index in [1.54, 1.807) is 0 Å². The van der Waals surface area contributed by atoms with Crippen LogP contribution in [0.5, 0.6) is 0 Å². The summed E-state index contributed by atoms with van der Waals surface area (Å²) in [4.78, 5) is 0. The Kier molecular flexibility index (Phi) is 4.80. The molecule has 5 atom stereocenters. The first-order chi connectivity index (χ1) is 8.88. The molecule has 2 fully saturated rings. The molecular formula is C15H25F3O. The van der Waals surface area contributed by atoms with Crippen LogP contribution in [-0.2, 0) is 0 Å². The van der Waals surface area contributed by atoms with Gasteiger partial charge in [0, 0.05) is 0 Å². The highest BCUT2D eigenvalue weighted by atomic mass is 19.4. The molecule has 1 N–H and O–H groups in total. The third kappa shape index (κ3) is 3.87. The fourth-order valence-corrected chi connectivity index (χ4v) is 4.01. The Morgan fingerprint density at radius 3 is 2.11 bits per heavy atom. The molecule has 2 aliphatic rings. The van der Waals surface area contributed by atoms with Gasteiger partial charge in [0.25, 0.3) is 0 Å². The Balaban J connectivity index is 1.93. The molecule has 0 aliphatic heterocycles. The van der Waals surface area contributed by atoms with Gasteiger partial charge in [-0.2, -0.15) is 13.2 Å². The lowest BCUT2D eigenvalue weighted by atomic mass is 9.71. The first-order valence-corrected chi connectivity index (χ1v) is 7.62. The molecule has 0 spiro atoms. The number of halogens is 3. The lowest BCUT2D eigenvalue weighted by Gasteiger charge is -2.38. The quantitative estimate of drug-likeness (QED) is 0.786. The van der Waals surface area contributed by atoms with Crippen LogP contribution in [0.2, 0.25) is 0 Å². The van der Waals surface area contributed by atoms with Crippen LogP contribution in [0.1, 0.15) is 58.3 Å². The molecule has 0 bridgehead atoms. The molecule has 5 unspecified atom stereocenters. The fraction of sp³-hybridized carbons (Fsp3) is 1.00. The van der Waals surface area contributed by atoms with Crippen LogP contribution in [0.15, 0.2) is 0 Å². The molecular weight excluding hydrogens is 253 g/mol. The molecule has 2 saturated carbocycles. The van der Waals surface area contributed by atoms with E-state index in [-0.39, 0.29) is 24.7 Å². The second-order valence-corrected chi connectivity index (χ2v) is 6.69. The highest BCUT2D eigenvalue weighted by molar-refractivity contribution is 4.86. The third-order valence-electron chi connectivity index (χ3n) is 5.12. The van der Waals surface area contributed by atoms with E-state index in [1.165, 1.54) is 6.42 Å². The van der Waals surface area contributed by atoms with Crippen molar-refractivity contribution in [1.82, 2.24) is 0 Å². The first kappa shape index (κ1) is 15.1. The van der Waals surface area contributed by atoms with Crippen molar-refractivity contribution in [2.75, 3.05) is 0 Å². The van der Waals surface area contributed by atoms with Gasteiger partial charge in [0.2, 0.25) is 0 Å². The van der Waals surface area contributed by atoms with Crippen molar-refractivity contribution >= 4 is 0 Å². The van der Waals surface area contributed by atoms with Gasteiger partial charge in [-0.25, -0.2) is 0 Å². The molecule has 0 aromatic rings. The van der Waals surface area contributed by atoms with Gasteiger partial charge in [0.1, 0.15) is 0 Å². The second kappa shape index (κ2) is 6.02. The zero-order valence-electron chi connectivity index (χ0n) is 11.6. The van der Waals surface area contributed by atoms with E-state index < -0.39 is 18.2 Å². The van der Waals surface area contributed by atoms with Gasteiger partial charge < -0.3 is 5.11 Å². The van der Waals surface area contributed by atoms with Gasteiger partial charge in [-0.3, -0.25) is 0 Å². The van der Waals surface area contributed by atoms with E-state index in [0.29, 0.717) is 12.3 Å². The van der Waals surface area contributed by atoms with Gasteiger partial charge >= 0.3 is 6.18 Å². The Morgan fingerprint density at radius 2 is 1.53 bits per heavy atom. The van der Waals surface area contributed by atoms with E-state index in [2.05, 4.69) is 6.92 Å². The summed E-state index contributed by atoms with van der Waals surface area (Å²) in [6.45, 7) is 2.18. The van der Waals surface area contributed by atoms with Crippen molar-refractivity contribution in [2.45, 2.75) is 70.6 Å². The largest absolute Gasteiger partial charge is 0.393 e. The van der Waals surface area contributed by atoms with Crippen LogP contribution in [0.25, 0.3) is 0 Å². The number of rotatable bonds is 2. The third-order valence-corrected chi connectivity index (χ3v) is 5.12. The van der Waals surface area contributed by atoms with Gasteiger partial charge in [-0.05, 0) is 49.9 Å². The zero-order valence-corrected chi connectivity index (χ0v) is 11.6. The lowest BCUT2D eigenvalue weighted by Crippen LogP contribution is -2.38. The highest BCUT2D eigenvalue weighted by Crippen LogP contribution is 2.43. The minimum atomic E-state index is -4.09. The minimum Gasteiger partial charge on any atom is -0.393 e. The summed E-state index contributed by atoms with van der Waals surface area (Å²) in [5.41, 5.74) is 0. The van der Waals surface area contributed by atoms with Crippen LogP contribution in [0.4, 0.5) is 13.2 Å². The van der Waals surface area contributed by atoms with Crippen molar-refractivity contribution in [3.63, 3.8) is 0 Å². The number of aliphatic hydroxyl groups is 1. The monoisotopic (exact) mass is 278 g/mol. The molecule has 2 rings (SSSR count). The Bertz CT molecular complexity index is 290. The molecule has 19 heavy (non-hydrogen) atoms. The molecule has 0 amide bonds. The maximum Gasteiger partial charge on any atom is 0.391 e. The van der Waals surface area contributed by atoms with E-state index in [9.17, 15) is 18.3 Å². The van der Waals surface area contributed by atoms with Crippen LogP contribution >= 0.6 is 0 Å². The summed E-state index contributed by atoms with van der Waals surface area (Å²) in [5.74, 6) is -0.506. The van der Waals surface area contributed by atoms with E-state index in [1.807, 2.05) is 0 Å². The molecule has 0 heterocycles. The minimum absolute atomic E-state index is 0.134. The SMILES string of the molecule is CC1CCCC(C(O)C2CCCC(C(F)(F)F)C2)C1. The maximum absolute atomic E-state index is 12.8. The molecule has 0 radical (unpaired) electrons. The zero-order chi connectivity index (χ0) is 14.0. The molecule has 4 heteroatoms. The van der Waals surface area contributed by atoms with Crippen LogP contribution in [-0.4, -0.2) is 17.4 Å². The average molecular weight is 278 g/mol. The molecule has 2 aliphatic carbocycles. The Hall–Kier alpha value is -0.250. The van der Waals surface area contributed by atoms with Crippen molar-refractivity contribution < 1.29 is 18.3 Å². The number of aliphatic hydroxyl groups excluding tert-OH is 1.